The first-order valence-corrected chi connectivity index (χ1v) is 10.4. The van der Waals surface area contributed by atoms with Gasteiger partial charge in [-0.25, -0.2) is 15.0 Å². The number of hydrogen-bond donors (Lipinski definition) is 5. The molecule has 4 rings (SSSR count). The van der Waals surface area contributed by atoms with Crippen LogP contribution in [0.3, 0.4) is 0 Å². The second kappa shape index (κ2) is 9.86. The van der Waals surface area contributed by atoms with Gasteiger partial charge in [-0.05, 0) is 49.2 Å². The molecule has 0 saturated carbocycles. The van der Waals surface area contributed by atoms with Crippen LogP contribution in [0, 0.1) is 0 Å². The molecule has 160 valence electrons. The summed E-state index contributed by atoms with van der Waals surface area (Å²) in [6.45, 7) is 2.41. The van der Waals surface area contributed by atoms with Crippen LogP contribution in [0.5, 0.6) is 0 Å². The SMILES string of the molecule is NCCNc1ccc2cc1C(=O)NCCCCNc1cc(ccn1)-c1ccnc(n1)N2. The summed E-state index contributed by atoms with van der Waals surface area (Å²) in [4.78, 5) is 26.2. The first-order valence-electron chi connectivity index (χ1n) is 10.4. The van der Waals surface area contributed by atoms with Crippen molar-refractivity contribution in [1.29, 1.82) is 0 Å². The van der Waals surface area contributed by atoms with Crippen molar-refractivity contribution >= 4 is 29.0 Å². The van der Waals surface area contributed by atoms with Crippen LogP contribution < -0.4 is 27.0 Å². The number of benzene rings is 1. The molecule has 0 unspecified atom stereocenters. The highest BCUT2D eigenvalue weighted by Gasteiger charge is 2.13. The van der Waals surface area contributed by atoms with Crippen molar-refractivity contribution in [2.75, 3.05) is 42.1 Å². The number of nitrogens with two attached hydrogens (primary N) is 1. The summed E-state index contributed by atoms with van der Waals surface area (Å²) < 4.78 is 0. The Morgan fingerprint density at radius 2 is 1.84 bits per heavy atom. The van der Waals surface area contributed by atoms with E-state index in [1.54, 1.807) is 18.5 Å². The third kappa shape index (κ3) is 5.26. The standard InChI is InChI=1S/C22H26N8O/c23-7-12-24-19-4-3-16-14-17(19)21(31)27-9-2-1-8-25-20-13-15(5-10-26-20)18-6-11-28-22(29-16)30-18/h3-6,10-11,13-14,24H,1-2,7-9,12,23H2,(H,25,26)(H,27,31)(H,28,29,30). The molecule has 9 heteroatoms. The number of carbonyl (C=O) groups excluding carboxylic acids is 1. The van der Waals surface area contributed by atoms with Crippen molar-refractivity contribution in [2.45, 2.75) is 12.8 Å². The van der Waals surface area contributed by atoms with Gasteiger partial charge >= 0.3 is 0 Å². The summed E-state index contributed by atoms with van der Waals surface area (Å²) in [6, 6.07) is 11.3. The molecule has 0 fully saturated rings. The summed E-state index contributed by atoms with van der Waals surface area (Å²) >= 11 is 0. The van der Waals surface area contributed by atoms with Gasteiger partial charge in [0.2, 0.25) is 5.95 Å². The first-order chi connectivity index (χ1) is 15.2. The smallest absolute Gasteiger partial charge is 0.253 e. The van der Waals surface area contributed by atoms with E-state index in [0.29, 0.717) is 31.1 Å². The molecule has 0 saturated heterocycles. The van der Waals surface area contributed by atoms with Gasteiger partial charge in [0.25, 0.3) is 5.91 Å². The van der Waals surface area contributed by atoms with Crippen LogP contribution in [0.15, 0.2) is 48.8 Å². The molecule has 0 spiro atoms. The highest BCUT2D eigenvalue weighted by Crippen LogP contribution is 2.24. The molecule has 2 aromatic heterocycles. The average molecular weight is 419 g/mol. The number of rotatable bonds is 3. The van der Waals surface area contributed by atoms with Crippen LogP contribution in [0.25, 0.3) is 11.3 Å². The highest BCUT2D eigenvalue weighted by atomic mass is 16.1. The summed E-state index contributed by atoms with van der Waals surface area (Å²) in [5.41, 5.74) is 9.36. The maximum atomic E-state index is 12.8. The Bertz CT molecular complexity index is 1060. The van der Waals surface area contributed by atoms with E-state index in [4.69, 9.17) is 5.73 Å². The monoisotopic (exact) mass is 418 g/mol. The Kier molecular flexibility index (Phi) is 6.53. The number of hydrogen-bond acceptors (Lipinski definition) is 8. The van der Waals surface area contributed by atoms with Crippen LogP contribution in [0.4, 0.5) is 23.1 Å². The molecule has 1 aliphatic rings. The zero-order valence-electron chi connectivity index (χ0n) is 17.2. The van der Waals surface area contributed by atoms with Crippen molar-refractivity contribution < 1.29 is 4.79 Å². The summed E-state index contributed by atoms with van der Waals surface area (Å²) in [5, 5.41) is 12.7. The number of pyridine rings is 1. The number of carbonyl (C=O) groups is 1. The topological polar surface area (TPSA) is 130 Å². The molecule has 6 N–H and O–H groups in total. The van der Waals surface area contributed by atoms with Gasteiger partial charge in [0, 0.05) is 55.5 Å². The van der Waals surface area contributed by atoms with Gasteiger partial charge in [0.1, 0.15) is 5.82 Å². The first kappa shape index (κ1) is 20.5. The van der Waals surface area contributed by atoms with Gasteiger partial charge in [0.15, 0.2) is 0 Å². The third-order valence-electron chi connectivity index (χ3n) is 4.89. The van der Waals surface area contributed by atoms with Crippen LogP contribution in [-0.2, 0) is 0 Å². The number of aromatic nitrogens is 3. The van der Waals surface area contributed by atoms with E-state index in [0.717, 1.165) is 47.8 Å². The molecule has 0 atom stereocenters. The number of amides is 1. The second-order valence-electron chi connectivity index (χ2n) is 7.19. The van der Waals surface area contributed by atoms with Crippen molar-refractivity contribution in [2.24, 2.45) is 5.73 Å². The lowest BCUT2D eigenvalue weighted by molar-refractivity contribution is 0.0954. The number of nitrogens with zero attached hydrogens (tertiary/aromatic N) is 3. The van der Waals surface area contributed by atoms with Crippen molar-refractivity contribution in [3.63, 3.8) is 0 Å². The molecule has 1 aromatic carbocycles. The number of nitrogens with one attached hydrogen (secondary N) is 4. The lowest BCUT2D eigenvalue weighted by atomic mass is 10.1. The normalized spacial score (nSPS) is 13.9. The van der Waals surface area contributed by atoms with Gasteiger partial charge in [-0.15, -0.1) is 0 Å². The van der Waals surface area contributed by atoms with Gasteiger partial charge in [-0.3, -0.25) is 4.79 Å². The Labute approximate surface area is 180 Å². The van der Waals surface area contributed by atoms with E-state index in [2.05, 4.69) is 36.2 Å². The van der Waals surface area contributed by atoms with Crippen LogP contribution in [-0.4, -0.2) is 47.0 Å². The molecular weight excluding hydrogens is 392 g/mol. The zero-order chi connectivity index (χ0) is 21.5. The van der Waals surface area contributed by atoms with Gasteiger partial charge in [-0.1, -0.05) is 0 Å². The minimum absolute atomic E-state index is 0.136. The average Bonchev–Trinajstić information content (AvgIpc) is 2.80. The van der Waals surface area contributed by atoms with E-state index in [9.17, 15) is 4.79 Å². The molecule has 1 amide bonds. The Balaban J connectivity index is 1.69. The molecule has 6 bridgehead atoms. The van der Waals surface area contributed by atoms with Crippen molar-refractivity contribution in [3.05, 3.63) is 54.4 Å². The lowest BCUT2D eigenvalue weighted by Gasteiger charge is -2.14. The fourth-order valence-electron chi connectivity index (χ4n) is 3.33. The second-order valence-corrected chi connectivity index (χ2v) is 7.19. The Morgan fingerprint density at radius 1 is 1.00 bits per heavy atom. The minimum atomic E-state index is -0.136. The quantitative estimate of drug-likeness (QED) is 0.439. The van der Waals surface area contributed by atoms with E-state index in [-0.39, 0.29) is 5.91 Å². The molecule has 31 heavy (non-hydrogen) atoms. The van der Waals surface area contributed by atoms with E-state index in [1.807, 2.05) is 30.3 Å². The highest BCUT2D eigenvalue weighted by molar-refractivity contribution is 6.00. The minimum Gasteiger partial charge on any atom is -0.383 e. The molecular formula is C22H26N8O. The summed E-state index contributed by atoms with van der Waals surface area (Å²) in [6.07, 6.45) is 5.23. The van der Waals surface area contributed by atoms with Crippen LogP contribution in [0.2, 0.25) is 0 Å². The van der Waals surface area contributed by atoms with Gasteiger partial charge < -0.3 is 27.0 Å². The predicted octanol–water partition coefficient (Wildman–Crippen LogP) is 2.59. The fourth-order valence-corrected chi connectivity index (χ4v) is 3.33. The number of fused-ring (bicyclic) bond motifs is 7. The summed E-state index contributed by atoms with van der Waals surface area (Å²) in [7, 11) is 0. The molecule has 9 nitrogen and oxygen atoms in total. The molecule has 3 heterocycles. The fraction of sp³-hybridized carbons (Fsp3) is 0.273. The van der Waals surface area contributed by atoms with E-state index < -0.39 is 0 Å². The van der Waals surface area contributed by atoms with Gasteiger partial charge in [-0.2, -0.15) is 0 Å². The maximum absolute atomic E-state index is 12.8. The Hall–Kier alpha value is -3.72. The third-order valence-corrected chi connectivity index (χ3v) is 4.89. The maximum Gasteiger partial charge on any atom is 0.253 e. The molecule has 3 aromatic rings. The number of anilines is 4. The van der Waals surface area contributed by atoms with Gasteiger partial charge in [0.05, 0.1) is 11.3 Å². The molecule has 1 aliphatic heterocycles. The largest absolute Gasteiger partial charge is 0.383 e. The van der Waals surface area contributed by atoms with E-state index >= 15 is 0 Å². The van der Waals surface area contributed by atoms with Crippen LogP contribution in [0.1, 0.15) is 23.2 Å². The van der Waals surface area contributed by atoms with Crippen LogP contribution >= 0.6 is 0 Å². The van der Waals surface area contributed by atoms with E-state index in [1.165, 1.54) is 0 Å². The van der Waals surface area contributed by atoms with Crippen molar-refractivity contribution in [1.82, 2.24) is 20.3 Å². The predicted molar refractivity (Wildman–Crippen MR) is 123 cm³/mol. The molecule has 0 radical (unpaired) electrons. The summed E-state index contributed by atoms with van der Waals surface area (Å²) in [5.74, 6) is 1.10. The lowest BCUT2D eigenvalue weighted by Crippen LogP contribution is -2.26. The zero-order valence-corrected chi connectivity index (χ0v) is 17.2. The Morgan fingerprint density at radius 3 is 2.71 bits per heavy atom. The van der Waals surface area contributed by atoms with Crippen molar-refractivity contribution in [3.8, 4) is 11.3 Å². The molecule has 0 aliphatic carbocycles.